The van der Waals surface area contributed by atoms with E-state index >= 15 is 0 Å². The first-order chi connectivity index (χ1) is 7.81. The van der Waals surface area contributed by atoms with Gasteiger partial charge in [-0.05, 0) is 18.5 Å². The summed E-state index contributed by atoms with van der Waals surface area (Å²) in [7, 11) is 1.56. The van der Waals surface area contributed by atoms with Gasteiger partial charge in [0.15, 0.2) is 6.23 Å². The fourth-order valence-corrected chi connectivity index (χ4v) is 2.01. The van der Waals surface area contributed by atoms with Gasteiger partial charge in [0.1, 0.15) is 0 Å². The molecule has 16 heavy (non-hydrogen) atoms. The normalized spacial score (nSPS) is 24.1. The molecule has 4 nitrogen and oxygen atoms in total. The minimum absolute atomic E-state index is 0.220. The highest BCUT2D eigenvalue weighted by molar-refractivity contribution is 5.67. The van der Waals surface area contributed by atoms with Crippen LogP contribution in [0.1, 0.15) is 17.9 Å². The summed E-state index contributed by atoms with van der Waals surface area (Å²) in [6, 6.07) is 10.1. The molecule has 86 valence electrons. The van der Waals surface area contributed by atoms with Crippen molar-refractivity contribution in [3.63, 3.8) is 0 Å². The highest BCUT2D eigenvalue weighted by Crippen LogP contribution is 2.28. The molecule has 1 aromatic carbocycles. The molecule has 0 aromatic heterocycles. The van der Waals surface area contributed by atoms with Gasteiger partial charge in [-0.15, -0.1) is 0 Å². The summed E-state index contributed by atoms with van der Waals surface area (Å²) in [5.41, 5.74) is 1.21. The molecule has 2 rings (SSSR count). The molecule has 1 aliphatic rings. The molecule has 2 atom stereocenters. The van der Waals surface area contributed by atoms with E-state index in [-0.39, 0.29) is 18.2 Å². The maximum absolute atomic E-state index is 11.2. The summed E-state index contributed by atoms with van der Waals surface area (Å²) in [5.74, 6) is 0.249. The van der Waals surface area contributed by atoms with Gasteiger partial charge in [-0.3, -0.25) is 5.32 Å². The summed E-state index contributed by atoms with van der Waals surface area (Å²) >= 11 is 0. The summed E-state index contributed by atoms with van der Waals surface area (Å²) in [5, 5.41) is 5.65. The molecular formula is C12H16N2O2. The highest BCUT2D eigenvalue weighted by atomic mass is 16.6. The number of carbonyl (C=O) groups excluding carboxylic acids is 1. The third-order valence-corrected chi connectivity index (χ3v) is 2.83. The van der Waals surface area contributed by atoms with E-state index in [0.29, 0.717) is 0 Å². The van der Waals surface area contributed by atoms with E-state index in [0.717, 1.165) is 13.0 Å². The fourth-order valence-electron chi connectivity index (χ4n) is 2.01. The van der Waals surface area contributed by atoms with Crippen LogP contribution in [0.3, 0.4) is 0 Å². The lowest BCUT2D eigenvalue weighted by atomic mass is 9.97. The van der Waals surface area contributed by atoms with Gasteiger partial charge in [0.05, 0.1) is 0 Å². The van der Waals surface area contributed by atoms with Crippen molar-refractivity contribution in [2.45, 2.75) is 18.6 Å². The minimum atomic E-state index is -0.389. The Balaban J connectivity index is 2.06. The zero-order valence-electron chi connectivity index (χ0n) is 9.27. The van der Waals surface area contributed by atoms with Crippen LogP contribution in [0.25, 0.3) is 0 Å². The second-order valence-corrected chi connectivity index (χ2v) is 3.84. The van der Waals surface area contributed by atoms with Gasteiger partial charge < -0.3 is 10.1 Å². The SMILES string of the molecule is CNC(=O)OC1NCC[C@@H]1c1ccccc1. The average molecular weight is 220 g/mol. The van der Waals surface area contributed by atoms with Crippen LogP contribution >= 0.6 is 0 Å². The molecule has 1 unspecified atom stereocenters. The van der Waals surface area contributed by atoms with E-state index < -0.39 is 0 Å². The molecule has 0 saturated carbocycles. The van der Waals surface area contributed by atoms with Crippen molar-refractivity contribution in [2.75, 3.05) is 13.6 Å². The molecule has 1 aliphatic heterocycles. The highest BCUT2D eigenvalue weighted by Gasteiger charge is 2.30. The van der Waals surface area contributed by atoms with Gasteiger partial charge >= 0.3 is 6.09 Å². The van der Waals surface area contributed by atoms with E-state index in [1.54, 1.807) is 7.05 Å². The monoisotopic (exact) mass is 220 g/mol. The first kappa shape index (κ1) is 11.0. The van der Waals surface area contributed by atoms with Gasteiger partial charge in [0.2, 0.25) is 0 Å². The lowest BCUT2D eigenvalue weighted by Gasteiger charge is -2.19. The predicted octanol–water partition coefficient (Wildman–Crippen LogP) is 1.45. The summed E-state index contributed by atoms with van der Waals surface area (Å²) < 4.78 is 5.27. The van der Waals surface area contributed by atoms with Crippen molar-refractivity contribution in [1.82, 2.24) is 10.6 Å². The summed E-state index contributed by atoms with van der Waals surface area (Å²) in [6.07, 6.45) is 0.383. The molecule has 0 radical (unpaired) electrons. The number of rotatable bonds is 2. The molecule has 4 heteroatoms. The number of carbonyl (C=O) groups is 1. The van der Waals surface area contributed by atoms with Crippen molar-refractivity contribution < 1.29 is 9.53 Å². The molecular weight excluding hydrogens is 204 g/mol. The minimum Gasteiger partial charge on any atom is -0.430 e. The Kier molecular flexibility index (Phi) is 3.41. The zero-order valence-corrected chi connectivity index (χ0v) is 9.27. The first-order valence-corrected chi connectivity index (χ1v) is 5.48. The Morgan fingerprint density at radius 1 is 1.44 bits per heavy atom. The molecule has 1 aromatic rings. The third kappa shape index (κ3) is 2.33. The lowest BCUT2D eigenvalue weighted by molar-refractivity contribution is 0.0816. The maximum atomic E-state index is 11.2. The lowest BCUT2D eigenvalue weighted by Crippen LogP contribution is -2.35. The standard InChI is InChI=1S/C12H16N2O2/c1-13-12(15)16-11-10(7-8-14-11)9-5-3-2-4-6-9/h2-6,10-11,14H,7-8H2,1H3,(H,13,15)/t10-,11?/m1/s1. The molecule has 1 amide bonds. The van der Waals surface area contributed by atoms with Gasteiger partial charge in [-0.2, -0.15) is 0 Å². The Bertz CT molecular complexity index is 353. The van der Waals surface area contributed by atoms with Crippen molar-refractivity contribution >= 4 is 6.09 Å². The zero-order chi connectivity index (χ0) is 11.4. The van der Waals surface area contributed by atoms with Crippen LogP contribution in [-0.4, -0.2) is 25.9 Å². The van der Waals surface area contributed by atoms with E-state index in [1.807, 2.05) is 18.2 Å². The van der Waals surface area contributed by atoms with Crippen molar-refractivity contribution in [3.05, 3.63) is 35.9 Å². The van der Waals surface area contributed by atoms with Crippen molar-refractivity contribution in [1.29, 1.82) is 0 Å². The Morgan fingerprint density at radius 3 is 2.88 bits per heavy atom. The van der Waals surface area contributed by atoms with Gasteiger partial charge in [-0.1, -0.05) is 30.3 Å². The topological polar surface area (TPSA) is 50.4 Å². The number of hydrogen-bond donors (Lipinski definition) is 2. The van der Waals surface area contributed by atoms with E-state index in [4.69, 9.17) is 4.74 Å². The number of nitrogens with one attached hydrogen (secondary N) is 2. The van der Waals surface area contributed by atoms with Crippen LogP contribution in [0.2, 0.25) is 0 Å². The Labute approximate surface area is 95.0 Å². The van der Waals surface area contributed by atoms with Crippen LogP contribution in [-0.2, 0) is 4.74 Å². The molecule has 0 aliphatic carbocycles. The molecule has 0 bridgehead atoms. The van der Waals surface area contributed by atoms with Crippen LogP contribution in [0.4, 0.5) is 4.79 Å². The predicted molar refractivity (Wildman–Crippen MR) is 61.1 cm³/mol. The van der Waals surface area contributed by atoms with Crippen LogP contribution in [0.15, 0.2) is 30.3 Å². The van der Waals surface area contributed by atoms with Gasteiger partial charge in [0.25, 0.3) is 0 Å². The van der Waals surface area contributed by atoms with E-state index in [1.165, 1.54) is 5.56 Å². The Morgan fingerprint density at radius 2 is 2.19 bits per heavy atom. The van der Waals surface area contributed by atoms with Gasteiger partial charge in [0, 0.05) is 13.0 Å². The molecule has 1 saturated heterocycles. The van der Waals surface area contributed by atoms with Crippen molar-refractivity contribution in [2.24, 2.45) is 0 Å². The number of benzene rings is 1. The van der Waals surface area contributed by atoms with Crippen LogP contribution in [0, 0.1) is 0 Å². The largest absolute Gasteiger partial charge is 0.430 e. The number of ether oxygens (including phenoxy) is 1. The average Bonchev–Trinajstić information content (AvgIpc) is 2.78. The summed E-state index contributed by atoms with van der Waals surface area (Å²) in [6.45, 7) is 0.876. The molecule has 0 spiro atoms. The maximum Gasteiger partial charge on any atom is 0.408 e. The molecule has 1 heterocycles. The van der Waals surface area contributed by atoms with E-state index in [9.17, 15) is 4.79 Å². The van der Waals surface area contributed by atoms with Crippen LogP contribution in [0.5, 0.6) is 0 Å². The number of alkyl carbamates (subject to hydrolysis) is 1. The van der Waals surface area contributed by atoms with Crippen molar-refractivity contribution in [3.8, 4) is 0 Å². The first-order valence-electron chi connectivity index (χ1n) is 5.48. The summed E-state index contributed by atoms with van der Waals surface area (Å²) in [4.78, 5) is 11.2. The third-order valence-electron chi connectivity index (χ3n) is 2.83. The van der Waals surface area contributed by atoms with Gasteiger partial charge in [-0.25, -0.2) is 4.79 Å². The fraction of sp³-hybridized carbons (Fsp3) is 0.417. The van der Waals surface area contributed by atoms with E-state index in [2.05, 4.69) is 22.8 Å². The second-order valence-electron chi connectivity index (χ2n) is 3.84. The quantitative estimate of drug-likeness (QED) is 0.793. The number of amides is 1. The smallest absolute Gasteiger partial charge is 0.408 e. The Hall–Kier alpha value is -1.55. The number of hydrogen-bond acceptors (Lipinski definition) is 3. The molecule has 2 N–H and O–H groups in total. The second kappa shape index (κ2) is 4.99. The van der Waals surface area contributed by atoms with Crippen LogP contribution < -0.4 is 10.6 Å². The molecule has 1 fully saturated rings.